The zero-order valence-corrected chi connectivity index (χ0v) is 32.2. The van der Waals surface area contributed by atoms with Gasteiger partial charge in [-0.15, -0.1) is 0 Å². The first-order valence-corrected chi connectivity index (χ1v) is 20.1. The Morgan fingerprint density at radius 3 is 1.78 bits per heavy atom. The van der Waals surface area contributed by atoms with Crippen molar-refractivity contribution in [2.45, 2.75) is 137 Å². The third-order valence-electron chi connectivity index (χ3n) is 10.1. The van der Waals surface area contributed by atoms with Crippen LogP contribution in [0.1, 0.15) is 140 Å². The van der Waals surface area contributed by atoms with Crippen molar-refractivity contribution in [1.82, 2.24) is 0 Å². The van der Waals surface area contributed by atoms with E-state index in [4.69, 9.17) is 5.11 Å². The van der Waals surface area contributed by atoms with Crippen molar-refractivity contribution < 1.29 is 4.70 Å². The molecule has 0 aliphatic heterocycles. The molecule has 0 spiro atoms. The van der Waals surface area contributed by atoms with Crippen molar-refractivity contribution in [3.05, 3.63) is 119 Å². The average Bonchev–Trinajstić information content (AvgIpc) is 3.14. The largest absolute Gasteiger partial charge is 0.205 e. The third kappa shape index (κ3) is 12.8. The molecule has 2 heteroatoms. The number of aryl methyl sites for hydroxylation is 2. The molecule has 4 rings (SSSR count). The number of allylic oxidation sites excluding steroid dienone is 1. The van der Waals surface area contributed by atoms with Crippen LogP contribution < -0.4 is 0 Å². The van der Waals surface area contributed by atoms with E-state index in [2.05, 4.69) is 137 Å². The van der Waals surface area contributed by atoms with Crippen molar-refractivity contribution in [1.29, 1.82) is 0 Å². The van der Waals surface area contributed by atoms with Gasteiger partial charge in [-0.25, -0.2) is 0 Å². The van der Waals surface area contributed by atoms with E-state index in [1.807, 2.05) is 0 Å². The van der Waals surface area contributed by atoms with Crippen molar-refractivity contribution in [2.24, 2.45) is 5.11 Å². The third-order valence-corrected chi connectivity index (χ3v) is 10.1. The van der Waals surface area contributed by atoms with Crippen LogP contribution >= 0.6 is 0 Å². The van der Waals surface area contributed by atoms with Gasteiger partial charge in [-0.05, 0) is 106 Å². The van der Waals surface area contributed by atoms with Gasteiger partial charge in [-0.3, -0.25) is 0 Å². The van der Waals surface area contributed by atoms with E-state index in [-0.39, 0.29) is 0 Å². The van der Waals surface area contributed by atoms with Crippen LogP contribution in [0.2, 0.25) is 0 Å². The SMILES string of the molecule is CCCCCCCCc1cc(C=C(C)[N+](C)=Nc2cc(CCCCCCCC)c(CCCC)c(-c3ccccc3)c2)cc(-c2ccccc2)c1. The Morgan fingerprint density at radius 2 is 1.14 bits per heavy atom. The van der Waals surface area contributed by atoms with Crippen LogP contribution in [0.4, 0.5) is 5.69 Å². The maximum atomic E-state index is 5.25. The molecule has 0 radical (unpaired) electrons. The van der Waals surface area contributed by atoms with Crippen LogP contribution in [0.25, 0.3) is 28.3 Å². The van der Waals surface area contributed by atoms with Crippen molar-refractivity contribution >= 4 is 11.8 Å². The Hall–Kier alpha value is -3.78. The number of benzene rings is 4. The fraction of sp³-hybridized carbons (Fsp3) is 0.458. The van der Waals surface area contributed by atoms with E-state index in [1.54, 1.807) is 0 Å². The van der Waals surface area contributed by atoms with Gasteiger partial charge in [0.05, 0.1) is 0 Å². The molecule has 0 saturated heterocycles. The second-order valence-corrected chi connectivity index (χ2v) is 14.4. The number of azo groups is 2. The van der Waals surface area contributed by atoms with E-state index >= 15 is 0 Å². The minimum atomic E-state index is 1.04. The van der Waals surface area contributed by atoms with Gasteiger partial charge in [0.25, 0.3) is 0 Å². The molecule has 0 amide bonds. The topological polar surface area (TPSA) is 15.4 Å². The summed E-state index contributed by atoms with van der Waals surface area (Å²) < 4.78 is 2.08. The molecular formula is C48H65N2+. The molecule has 0 unspecified atom stereocenters. The minimum Gasteiger partial charge on any atom is -0.0909 e. The van der Waals surface area contributed by atoms with Crippen LogP contribution in [-0.4, -0.2) is 11.7 Å². The molecule has 0 fully saturated rings. The predicted octanol–water partition coefficient (Wildman–Crippen LogP) is 15.0. The second kappa shape index (κ2) is 22.1. The van der Waals surface area contributed by atoms with Gasteiger partial charge in [0.15, 0.2) is 7.05 Å². The van der Waals surface area contributed by atoms with Gasteiger partial charge in [0, 0.05) is 13.0 Å². The summed E-state index contributed by atoms with van der Waals surface area (Å²) in [5.74, 6) is 0. The van der Waals surface area contributed by atoms with Gasteiger partial charge >= 0.3 is 0 Å². The van der Waals surface area contributed by atoms with Crippen LogP contribution in [0.5, 0.6) is 0 Å². The highest BCUT2D eigenvalue weighted by molar-refractivity contribution is 5.73. The first kappa shape index (κ1) is 39.0. The van der Waals surface area contributed by atoms with E-state index < -0.39 is 0 Å². The standard InChI is InChI=1S/C48H65N2/c1-6-9-12-14-16-20-26-40-34-41(36-45(35-40)42-27-22-18-23-28-42)33-39(4)50(5)49-46-37-44(31-21-17-15-13-10-7-2)47(32-11-8-3)48(38-46)43-29-24-19-25-30-43/h18-19,22-25,27-30,33-38H,6-17,20-21,26,31-32H2,1-5H3/q+1. The molecule has 0 aliphatic carbocycles. The zero-order valence-electron chi connectivity index (χ0n) is 32.2. The lowest BCUT2D eigenvalue weighted by molar-refractivity contribution is -0.510. The maximum Gasteiger partial charge on any atom is 0.205 e. The molecule has 50 heavy (non-hydrogen) atoms. The molecule has 0 heterocycles. The van der Waals surface area contributed by atoms with E-state index in [1.165, 1.54) is 134 Å². The molecule has 0 N–H and O–H groups in total. The van der Waals surface area contributed by atoms with Crippen LogP contribution in [0.3, 0.4) is 0 Å². The Morgan fingerprint density at radius 1 is 0.560 bits per heavy atom. The van der Waals surface area contributed by atoms with Crippen LogP contribution in [0.15, 0.2) is 102 Å². The van der Waals surface area contributed by atoms with E-state index in [9.17, 15) is 0 Å². The van der Waals surface area contributed by atoms with Crippen molar-refractivity contribution in [2.75, 3.05) is 7.05 Å². The van der Waals surface area contributed by atoms with Gasteiger partial charge in [0.2, 0.25) is 5.70 Å². The smallest absolute Gasteiger partial charge is 0.0909 e. The van der Waals surface area contributed by atoms with Gasteiger partial charge in [-0.1, -0.05) is 169 Å². The number of hydrogen-bond donors (Lipinski definition) is 0. The highest BCUT2D eigenvalue weighted by Gasteiger charge is 2.15. The molecule has 4 aromatic carbocycles. The summed E-state index contributed by atoms with van der Waals surface area (Å²) in [5, 5.41) is 5.25. The normalized spacial score (nSPS) is 12.1. The second-order valence-electron chi connectivity index (χ2n) is 14.4. The molecule has 0 aliphatic rings. The molecule has 0 aromatic heterocycles. The monoisotopic (exact) mass is 670 g/mol. The van der Waals surface area contributed by atoms with Crippen LogP contribution in [-0.2, 0) is 19.3 Å². The molecule has 0 atom stereocenters. The first-order chi connectivity index (χ1) is 24.5. The predicted molar refractivity (Wildman–Crippen MR) is 218 cm³/mol. The first-order valence-electron chi connectivity index (χ1n) is 20.1. The lowest BCUT2D eigenvalue weighted by Crippen LogP contribution is -2.02. The molecule has 2 nitrogen and oxygen atoms in total. The number of rotatable bonds is 22. The molecule has 4 aromatic rings. The van der Waals surface area contributed by atoms with Crippen molar-refractivity contribution in [3.63, 3.8) is 0 Å². The molecule has 266 valence electrons. The number of hydrogen-bond acceptors (Lipinski definition) is 1. The highest BCUT2D eigenvalue weighted by atomic mass is 15.2. The summed E-state index contributed by atoms with van der Waals surface area (Å²) in [6, 6.07) is 33.7. The summed E-state index contributed by atoms with van der Waals surface area (Å²) in [6.45, 7) is 9.08. The maximum absolute atomic E-state index is 5.25. The highest BCUT2D eigenvalue weighted by Crippen LogP contribution is 2.34. The Kier molecular flexibility index (Phi) is 17.3. The summed E-state index contributed by atoms with van der Waals surface area (Å²) in [5.41, 5.74) is 13.1. The zero-order chi connectivity index (χ0) is 35.4. The molecular weight excluding hydrogens is 605 g/mol. The summed E-state index contributed by atoms with van der Waals surface area (Å²) in [4.78, 5) is 0. The fourth-order valence-corrected chi connectivity index (χ4v) is 7.06. The van der Waals surface area contributed by atoms with Gasteiger partial charge < -0.3 is 0 Å². The van der Waals surface area contributed by atoms with Gasteiger partial charge in [0.1, 0.15) is 5.69 Å². The average molecular weight is 670 g/mol. The molecule has 0 bridgehead atoms. The number of unbranched alkanes of at least 4 members (excludes halogenated alkanes) is 11. The lowest BCUT2D eigenvalue weighted by atomic mass is 9.89. The Balaban J connectivity index is 1.65. The fourth-order valence-electron chi connectivity index (χ4n) is 7.06. The number of nitrogens with zero attached hydrogens (tertiary/aromatic N) is 2. The minimum absolute atomic E-state index is 1.04. The quantitative estimate of drug-likeness (QED) is 0.0450. The van der Waals surface area contributed by atoms with Gasteiger partial charge in [-0.2, -0.15) is 0 Å². The van der Waals surface area contributed by atoms with E-state index in [0.717, 1.165) is 30.6 Å². The lowest BCUT2D eigenvalue weighted by Gasteiger charge is -2.16. The Bertz CT molecular complexity index is 1610. The van der Waals surface area contributed by atoms with Crippen LogP contribution in [0, 0.1) is 0 Å². The van der Waals surface area contributed by atoms with Crippen molar-refractivity contribution in [3.8, 4) is 22.3 Å². The van der Waals surface area contributed by atoms with E-state index in [0.29, 0.717) is 0 Å². The molecule has 0 saturated carbocycles. The summed E-state index contributed by atoms with van der Waals surface area (Å²) >= 11 is 0. The summed E-state index contributed by atoms with van der Waals surface area (Å²) in [6.07, 6.45) is 23.9. The Labute approximate surface area is 305 Å². The summed E-state index contributed by atoms with van der Waals surface area (Å²) in [7, 11) is 2.10.